The largest absolute Gasteiger partial charge is 0.481 e. The second kappa shape index (κ2) is 8.59. The lowest BCUT2D eigenvalue weighted by molar-refractivity contribution is -0.137. The van der Waals surface area contributed by atoms with Crippen molar-refractivity contribution in [1.82, 2.24) is 5.32 Å². The van der Waals surface area contributed by atoms with Gasteiger partial charge in [-0.1, -0.05) is 33.8 Å². The predicted molar refractivity (Wildman–Crippen MR) is 91.0 cm³/mol. The van der Waals surface area contributed by atoms with Crippen molar-refractivity contribution in [3.63, 3.8) is 0 Å². The zero-order valence-corrected chi connectivity index (χ0v) is 14.9. The zero-order valence-electron chi connectivity index (χ0n) is 13.4. The molecule has 2 N–H and O–H groups in total. The summed E-state index contributed by atoms with van der Waals surface area (Å²) < 4.78 is 6.07. The zero-order chi connectivity index (χ0) is 17.5. The Morgan fingerprint density at radius 1 is 1.39 bits per heavy atom. The first-order valence-electron chi connectivity index (χ1n) is 7.14. The monoisotopic (exact) mass is 381 g/mol. The minimum absolute atomic E-state index is 0.0897. The summed E-state index contributed by atoms with van der Waals surface area (Å²) in [7, 11) is 0. The molecule has 0 spiro atoms. The molecule has 5 nitrogen and oxygen atoms in total. The first kappa shape index (κ1) is 19.0. The van der Waals surface area contributed by atoms with Crippen molar-refractivity contribution < 1.29 is 19.4 Å². The van der Waals surface area contributed by atoms with Crippen molar-refractivity contribution in [1.29, 1.82) is 0 Å². The van der Waals surface area contributed by atoms with Gasteiger partial charge in [0, 0.05) is 16.5 Å². The molecule has 0 fully saturated rings. The van der Waals surface area contributed by atoms with Gasteiger partial charge in [0.05, 0.1) is 6.04 Å². The first-order valence-corrected chi connectivity index (χ1v) is 7.93. The van der Waals surface area contributed by atoms with E-state index in [0.29, 0.717) is 0 Å². The molecule has 0 saturated carbocycles. The van der Waals surface area contributed by atoms with Crippen LogP contribution in [0.2, 0.25) is 0 Å². The molecule has 6 heteroatoms. The Hall–Kier alpha value is -2.00. The van der Waals surface area contributed by atoms with E-state index < -0.39 is 23.7 Å². The first-order chi connectivity index (χ1) is 10.7. The number of nitrogens with one attached hydrogen (secondary N) is 1. The maximum Gasteiger partial charge on any atom is 0.408 e. The summed E-state index contributed by atoms with van der Waals surface area (Å²) in [6.07, 6.45) is -0.500. The molecule has 0 aliphatic carbocycles. The Bertz CT molecular complexity index is 625. The second-order valence-corrected chi connectivity index (χ2v) is 6.83. The number of aliphatic carboxylic acids is 1. The number of amides is 1. The smallest absolute Gasteiger partial charge is 0.408 e. The van der Waals surface area contributed by atoms with Crippen LogP contribution in [0.4, 0.5) is 4.79 Å². The Balaban J connectivity index is 2.80. The molecular formula is C17H20BrNO4. The van der Waals surface area contributed by atoms with Crippen LogP contribution < -0.4 is 5.32 Å². The molecule has 0 aromatic heterocycles. The molecule has 0 radical (unpaired) electrons. The van der Waals surface area contributed by atoms with Gasteiger partial charge in [-0.15, -0.1) is 0 Å². The number of carboxylic acids is 1. The van der Waals surface area contributed by atoms with Crippen LogP contribution in [0, 0.1) is 11.8 Å². The van der Waals surface area contributed by atoms with E-state index in [-0.39, 0.29) is 12.8 Å². The van der Waals surface area contributed by atoms with Crippen LogP contribution >= 0.6 is 15.9 Å². The topological polar surface area (TPSA) is 75.6 Å². The molecule has 0 heterocycles. The van der Waals surface area contributed by atoms with E-state index in [1.807, 2.05) is 24.3 Å². The second-order valence-electron chi connectivity index (χ2n) is 5.91. The van der Waals surface area contributed by atoms with E-state index in [2.05, 4.69) is 33.1 Å². The van der Waals surface area contributed by atoms with E-state index in [1.54, 1.807) is 20.8 Å². The van der Waals surface area contributed by atoms with Gasteiger partial charge in [-0.05, 0) is 45.4 Å². The van der Waals surface area contributed by atoms with Gasteiger partial charge in [0.15, 0.2) is 0 Å². The lowest BCUT2D eigenvalue weighted by atomic mass is 10.1. The van der Waals surface area contributed by atoms with E-state index in [9.17, 15) is 9.59 Å². The highest BCUT2D eigenvalue weighted by molar-refractivity contribution is 9.10. The number of carbonyl (C=O) groups is 2. The molecule has 0 unspecified atom stereocenters. The van der Waals surface area contributed by atoms with Crippen LogP contribution in [0.3, 0.4) is 0 Å². The maximum atomic E-state index is 11.8. The third-order valence-corrected chi connectivity index (χ3v) is 3.05. The number of carboxylic acid groups (broad SMARTS) is 1. The standard InChI is InChI=1S/C17H20BrNO4/c1-17(2,3)23-16(22)19-14(9-10-15(20)21)8-7-12-5-4-6-13(18)11-12/h4-6,11,14H,9-10H2,1-3H3,(H,19,22)(H,20,21)/t14-/m1/s1. The van der Waals surface area contributed by atoms with Crippen molar-refractivity contribution in [2.24, 2.45) is 0 Å². The maximum absolute atomic E-state index is 11.8. The lowest BCUT2D eigenvalue weighted by Gasteiger charge is -2.21. The molecule has 0 bridgehead atoms. The average molecular weight is 382 g/mol. The van der Waals surface area contributed by atoms with E-state index in [1.165, 1.54) is 0 Å². The number of rotatable bonds is 4. The summed E-state index contributed by atoms with van der Waals surface area (Å²) in [6.45, 7) is 5.27. The molecule has 1 rings (SSSR count). The fourth-order valence-corrected chi connectivity index (χ4v) is 2.03. The Morgan fingerprint density at radius 3 is 2.65 bits per heavy atom. The van der Waals surface area contributed by atoms with E-state index in [4.69, 9.17) is 9.84 Å². The van der Waals surface area contributed by atoms with Crippen molar-refractivity contribution in [3.8, 4) is 11.8 Å². The summed E-state index contributed by atoms with van der Waals surface area (Å²) in [6, 6.07) is 6.81. The number of hydrogen-bond donors (Lipinski definition) is 2. The van der Waals surface area contributed by atoms with Crippen molar-refractivity contribution in [3.05, 3.63) is 34.3 Å². The summed E-state index contributed by atoms with van der Waals surface area (Å²) >= 11 is 3.36. The highest BCUT2D eigenvalue weighted by atomic mass is 79.9. The van der Waals surface area contributed by atoms with Gasteiger partial charge >= 0.3 is 12.1 Å². The lowest BCUT2D eigenvalue weighted by Crippen LogP contribution is -2.38. The third-order valence-electron chi connectivity index (χ3n) is 2.55. The highest BCUT2D eigenvalue weighted by Gasteiger charge is 2.19. The van der Waals surface area contributed by atoms with Gasteiger partial charge in [0.1, 0.15) is 5.60 Å². The predicted octanol–water partition coefficient (Wildman–Crippen LogP) is 3.56. The minimum atomic E-state index is -0.940. The minimum Gasteiger partial charge on any atom is -0.481 e. The summed E-state index contributed by atoms with van der Waals surface area (Å²) in [4.78, 5) is 22.6. The molecule has 23 heavy (non-hydrogen) atoms. The molecule has 0 saturated heterocycles. The van der Waals surface area contributed by atoms with Crippen LogP contribution in [0.15, 0.2) is 28.7 Å². The van der Waals surface area contributed by atoms with Gasteiger partial charge in [0.25, 0.3) is 0 Å². The fourth-order valence-electron chi connectivity index (χ4n) is 1.63. The van der Waals surface area contributed by atoms with Gasteiger partial charge in [-0.2, -0.15) is 0 Å². The molecule has 124 valence electrons. The number of carbonyl (C=O) groups excluding carboxylic acids is 1. The molecule has 0 aliphatic heterocycles. The number of ether oxygens (including phenoxy) is 1. The normalized spacial score (nSPS) is 11.8. The molecule has 1 aromatic rings. The van der Waals surface area contributed by atoms with E-state index >= 15 is 0 Å². The van der Waals surface area contributed by atoms with Crippen molar-refractivity contribution in [2.75, 3.05) is 0 Å². The number of halogens is 1. The fraction of sp³-hybridized carbons (Fsp3) is 0.412. The van der Waals surface area contributed by atoms with Gasteiger partial charge in [-0.3, -0.25) is 4.79 Å². The Kier molecular flexibility index (Phi) is 7.11. The number of hydrogen-bond acceptors (Lipinski definition) is 3. The Labute approximate surface area is 144 Å². The summed E-state index contributed by atoms with van der Waals surface area (Å²) in [5.41, 5.74) is 0.143. The van der Waals surface area contributed by atoms with Crippen LogP contribution in [0.1, 0.15) is 39.2 Å². The van der Waals surface area contributed by atoms with Gasteiger partial charge in [-0.25, -0.2) is 4.79 Å². The van der Waals surface area contributed by atoms with Gasteiger partial charge < -0.3 is 15.2 Å². The molecular weight excluding hydrogens is 362 g/mol. The van der Waals surface area contributed by atoms with Crippen LogP contribution in [0.25, 0.3) is 0 Å². The average Bonchev–Trinajstić information content (AvgIpc) is 2.39. The van der Waals surface area contributed by atoms with Crippen LogP contribution in [-0.2, 0) is 9.53 Å². The van der Waals surface area contributed by atoms with Crippen LogP contribution in [0.5, 0.6) is 0 Å². The molecule has 0 aliphatic rings. The van der Waals surface area contributed by atoms with Gasteiger partial charge in [0.2, 0.25) is 0 Å². The molecule has 1 aromatic carbocycles. The quantitative estimate of drug-likeness (QED) is 0.781. The third kappa shape index (κ3) is 8.89. The number of alkyl carbamates (subject to hydrolysis) is 1. The summed E-state index contributed by atoms with van der Waals surface area (Å²) in [5, 5.41) is 11.4. The Morgan fingerprint density at radius 2 is 2.09 bits per heavy atom. The van der Waals surface area contributed by atoms with Crippen molar-refractivity contribution in [2.45, 2.75) is 45.3 Å². The number of benzene rings is 1. The highest BCUT2D eigenvalue weighted by Crippen LogP contribution is 2.11. The van der Waals surface area contributed by atoms with Crippen LogP contribution in [-0.4, -0.2) is 28.8 Å². The van der Waals surface area contributed by atoms with E-state index in [0.717, 1.165) is 10.0 Å². The SMILES string of the molecule is CC(C)(C)OC(=O)N[C@H](C#Cc1cccc(Br)c1)CCC(=O)O. The summed E-state index contributed by atoms with van der Waals surface area (Å²) in [5.74, 6) is 4.88. The molecule has 1 amide bonds. The molecule has 1 atom stereocenters. The van der Waals surface area contributed by atoms with Crippen molar-refractivity contribution >= 4 is 28.0 Å².